The van der Waals surface area contributed by atoms with E-state index in [2.05, 4.69) is 15.3 Å². The van der Waals surface area contributed by atoms with Crippen LogP contribution in [0.5, 0.6) is 11.8 Å². The molecule has 20 heavy (non-hydrogen) atoms. The van der Waals surface area contributed by atoms with Crippen molar-refractivity contribution in [3.05, 3.63) is 52.1 Å². The monoisotopic (exact) mass is 278 g/mol. The summed E-state index contributed by atoms with van der Waals surface area (Å²) in [6.45, 7) is 0.594. The summed E-state index contributed by atoms with van der Waals surface area (Å²) in [6, 6.07) is 2.97. The predicted octanol–water partition coefficient (Wildman–Crippen LogP) is 2.04. The molecular weight excluding hydrogens is 267 g/mol. The molecule has 0 fully saturated rings. The molecule has 0 atom stereocenters. The van der Waals surface area contributed by atoms with E-state index < -0.39 is 16.4 Å². The Morgan fingerprint density at radius 3 is 2.70 bits per heavy atom. The fourth-order valence-corrected chi connectivity index (χ4v) is 1.51. The van der Waals surface area contributed by atoms with Crippen molar-refractivity contribution in [3.63, 3.8) is 0 Å². The molecule has 104 valence electrons. The van der Waals surface area contributed by atoms with Gasteiger partial charge < -0.3 is 10.1 Å². The number of hydrogen-bond donors (Lipinski definition) is 1. The van der Waals surface area contributed by atoms with Gasteiger partial charge in [-0.2, -0.15) is 0 Å². The van der Waals surface area contributed by atoms with E-state index in [0.29, 0.717) is 6.54 Å². The maximum absolute atomic E-state index is 13.0. The molecular formula is C12H11FN4O3. The SMILES string of the molecule is CNCc1cnc(Oc2ccc(F)cc2[N+](=O)[O-])nc1. The molecule has 0 radical (unpaired) electrons. The number of nitrogens with zero attached hydrogens (tertiary/aromatic N) is 3. The molecule has 1 heterocycles. The first kappa shape index (κ1) is 13.8. The third-order valence-electron chi connectivity index (χ3n) is 2.38. The van der Waals surface area contributed by atoms with E-state index >= 15 is 0 Å². The van der Waals surface area contributed by atoms with Crippen LogP contribution in [0.3, 0.4) is 0 Å². The summed E-state index contributed by atoms with van der Waals surface area (Å²) in [5, 5.41) is 13.7. The first-order chi connectivity index (χ1) is 9.60. The highest BCUT2D eigenvalue weighted by Crippen LogP contribution is 2.30. The summed E-state index contributed by atoms with van der Waals surface area (Å²) < 4.78 is 18.2. The zero-order valence-corrected chi connectivity index (χ0v) is 10.5. The molecule has 2 rings (SSSR count). The van der Waals surface area contributed by atoms with Crippen LogP contribution in [-0.4, -0.2) is 21.9 Å². The summed E-state index contributed by atoms with van der Waals surface area (Å²) >= 11 is 0. The zero-order valence-electron chi connectivity index (χ0n) is 10.5. The molecule has 7 nitrogen and oxygen atoms in total. The maximum Gasteiger partial charge on any atom is 0.322 e. The van der Waals surface area contributed by atoms with Crippen LogP contribution in [0.25, 0.3) is 0 Å². The minimum atomic E-state index is -0.728. The minimum Gasteiger partial charge on any atom is -0.417 e. The Kier molecular flexibility index (Phi) is 4.16. The van der Waals surface area contributed by atoms with Crippen molar-refractivity contribution >= 4 is 5.69 Å². The van der Waals surface area contributed by atoms with Crippen LogP contribution in [0.1, 0.15) is 5.56 Å². The molecule has 0 bridgehead atoms. The molecule has 0 spiro atoms. The number of nitro groups is 1. The van der Waals surface area contributed by atoms with E-state index in [9.17, 15) is 14.5 Å². The van der Waals surface area contributed by atoms with Crippen LogP contribution in [0, 0.1) is 15.9 Å². The van der Waals surface area contributed by atoms with E-state index in [-0.39, 0.29) is 11.8 Å². The Hall–Kier alpha value is -2.61. The van der Waals surface area contributed by atoms with Crippen molar-refractivity contribution in [3.8, 4) is 11.8 Å². The van der Waals surface area contributed by atoms with Gasteiger partial charge in [-0.1, -0.05) is 0 Å². The van der Waals surface area contributed by atoms with Gasteiger partial charge in [-0.05, 0) is 19.2 Å². The summed E-state index contributed by atoms with van der Waals surface area (Å²) in [7, 11) is 1.78. The van der Waals surface area contributed by atoms with Crippen LogP contribution in [0.4, 0.5) is 10.1 Å². The highest BCUT2D eigenvalue weighted by atomic mass is 19.1. The minimum absolute atomic E-state index is 0.0421. The number of nitro benzene ring substituents is 1. The maximum atomic E-state index is 13.0. The van der Waals surface area contributed by atoms with Crippen molar-refractivity contribution in [2.75, 3.05) is 7.05 Å². The molecule has 1 aromatic heterocycles. The van der Waals surface area contributed by atoms with Gasteiger partial charge >= 0.3 is 11.7 Å². The highest BCUT2D eigenvalue weighted by molar-refractivity contribution is 5.47. The Bertz CT molecular complexity index is 619. The summed E-state index contributed by atoms with van der Waals surface area (Å²) in [4.78, 5) is 17.9. The third-order valence-corrected chi connectivity index (χ3v) is 2.38. The lowest BCUT2D eigenvalue weighted by atomic mass is 10.3. The average Bonchev–Trinajstić information content (AvgIpc) is 2.43. The number of hydrogen-bond acceptors (Lipinski definition) is 6. The molecule has 0 saturated carbocycles. The average molecular weight is 278 g/mol. The number of benzene rings is 1. The van der Waals surface area contributed by atoms with Gasteiger partial charge in [-0.25, -0.2) is 14.4 Å². The summed E-state index contributed by atoms with van der Waals surface area (Å²) in [5.41, 5.74) is 0.362. The Morgan fingerprint density at radius 1 is 1.40 bits per heavy atom. The second kappa shape index (κ2) is 6.02. The van der Waals surface area contributed by atoms with Crippen molar-refractivity contribution in [1.82, 2.24) is 15.3 Å². The number of nitrogens with one attached hydrogen (secondary N) is 1. The first-order valence-corrected chi connectivity index (χ1v) is 5.67. The van der Waals surface area contributed by atoms with E-state index in [1.807, 2.05) is 0 Å². The van der Waals surface area contributed by atoms with Crippen LogP contribution >= 0.6 is 0 Å². The molecule has 8 heteroatoms. The van der Waals surface area contributed by atoms with Gasteiger partial charge in [-0.3, -0.25) is 10.1 Å². The molecule has 0 amide bonds. The fraction of sp³-hybridized carbons (Fsp3) is 0.167. The van der Waals surface area contributed by atoms with Crippen molar-refractivity contribution < 1.29 is 14.1 Å². The van der Waals surface area contributed by atoms with Crippen molar-refractivity contribution in [1.29, 1.82) is 0 Å². The van der Waals surface area contributed by atoms with Crippen molar-refractivity contribution in [2.24, 2.45) is 0 Å². The van der Waals surface area contributed by atoms with Crippen LogP contribution in [0.2, 0.25) is 0 Å². The number of halogens is 1. The standard InChI is InChI=1S/C12H11FN4O3/c1-14-5-8-6-15-12(16-7-8)20-11-3-2-9(13)4-10(11)17(18)19/h2-4,6-7,14H,5H2,1H3. The molecule has 0 unspecified atom stereocenters. The van der Waals surface area contributed by atoms with Crippen LogP contribution in [0.15, 0.2) is 30.6 Å². The van der Waals surface area contributed by atoms with Gasteiger partial charge in [0.1, 0.15) is 5.82 Å². The van der Waals surface area contributed by atoms with Gasteiger partial charge in [0.2, 0.25) is 5.75 Å². The van der Waals surface area contributed by atoms with E-state index in [1.54, 1.807) is 7.05 Å². The second-order valence-corrected chi connectivity index (χ2v) is 3.88. The molecule has 0 saturated heterocycles. The largest absolute Gasteiger partial charge is 0.417 e. The Balaban J connectivity index is 2.23. The number of rotatable bonds is 5. The topological polar surface area (TPSA) is 90.2 Å². The van der Waals surface area contributed by atoms with E-state index in [1.165, 1.54) is 18.5 Å². The van der Waals surface area contributed by atoms with Gasteiger partial charge in [-0.15, -0.1) is 0 Å². The molecule has 0 aliphatic rings. The third kappa shape index (κ3) is 3.23. The van der Waals surface area contributed by atoms with Gasteiger partial charge in [0.25, 0.3) is 0 Å². The van der Waals surface area contributed by atoms with Gasteiger partial charge in [0, 0.05) is 24.5 Å². The zero-order chi connectivity index (χ0) is 14.5. The number of ether oxygens (including phenoxy) is 1. The van der Waals surface area contributed by atoms with Gasteiger partial charge in [0.05, 0.1) is 11.0 Å². The first-order valence-electron chi connectivity index (χ1n) is 5.67. The molecule has 1 aromatic carbocycles. The van der Waals surface area contributed by atoms with E-state index in [0.717, 1.165) is 17.7 Å². The lowest BCUT2D eigenvalue weighted by molar-refractivity contribution is -0.385. The van der Waals surface area contributed by atoms with Crippen molar-refractivity contribution in [2.45, 2.75) is 6.54 Å². The normalized spacial score (nSPS) is 10.3. The smallest absolute Gasteiger partial charge is 0.322 e. The summed E-state index contributed by atoms with van der Waals surface area (Å²) in [6.07, 6.45) is 3.07. The lowest BCUT2D eigenvalue weighted by Gasteiger charge is -2.05. The Labute approximate surface area is 113 Å². The quantitative estimate of drug-likeness (QED) is 0.664. The molecule has 2 aromatic rings. The van der Waals surface area contributed by atoms with Gasteiger partial charge in [0.15, 0.2) is 0 Å². The molecule has 0 aliphatic carbocycles. The highest BCUT2D eigenvalue weighted by Gasteiger charge is 2.17. The Morgan fingerprint density at radius 2 is 2.10 bits per heavy atom. The second-order valence-electron chi connectivity index (χ2n) is 3.88. The summed E-state index contributed by atoms with van der Waals surface area (Å²) in [5.74, 6) is -0.827. The number of aromatic nitrogens is 2. The fourth-order valence-electron chi connectivity index (χ4n) is 1.51. The van der Waals surface area contributed by atoms with Crippen LogP contribution < -0.4 is 10.1 Å². The predicted molar refractivity (Wildman–Crippen MR) is 67.9 cm³/mol. The molecule has 0 aliphatic heterocycles. The molecule has 1 N–H and O–H groups in total. The van der Waals surface area contributed by atoms with E-state index in [4.69, 9.17) is 4.74 Å². The lowest BCUT2D eigenvalue weighted by Crippen LogP contribution is -2.06. The van der Waals surface area contributed by atoms with Crippen LogP contribution in [-0.2, 0) is 6.54 Å².